The highest BCUT2D eigenvalue weighted by atomic mass is 32.2. The van der Waals surface area contributed by atoms with Crippen molar-refractivity contribution in [2.45, 2.75) is 0 Å². The molecule has 1 heterocycles. The number of halogens is 2. The van der Waals surface area contributed by atoms with E-state index in [-0.39, 0.29) is 61.1 Å². The van der Waals surface area contributed by atoms with Crippen molar-refractivity contribution in [2.75, 3.05) is 52.7 Å². The summed E-state index contributed by atoms with van der Waals surface area (Å²) in [7, 11) is -1.02. The van der Waals surface area contributed by atoms with Crippen molar-refractivity contribution >= 4 is 21.8 Å². The third-order valence-electron chi connectivity index (χ3n) is 5.36. The summed E-state index contributed by atoms with van der Waals surface area (Å²) in [6.45, 7) is 0.143. The number of amides is 2. The molecule has 184 valence electrons. The van der Waals surface area contributed by atoms with Crippen molar-refractivity contribution in [3.8, 4) is 11.5 Å². The van der Waals surface area contributed by atoms with Gasteiger partial charge in [0, 0.05) is 32.7 Å². The van der Waals surface area contributed by atoms with Gasteiger partial charge in [0.2, 0.25) is 10.0 Å². The van der Waals surface area contributed by atoms with Gasteiger partial charge < -0.3 is 19.7 Å². The lowest BCUT2D eigenvalue weighted by molar-refractivity contribution is 0.0693. The SMILES string of the molecule is COc1ccc(F)cc1C(=O)NCCS(=O)(=O)N1CCN(C(=O)c2cc(F)ccc2OC)CC1. The first-order valence-electron chi connectivity index (χ1n) is 10.4. The van der Waals surface area contributed by atoms with Crippen LogP contribution in [-0.4, -0.2) is 82.1 Å². The van der Waals surface area contributed by atoms with Crippen LogP contribution in [0.5, 0.6) is 11.5 Å². The molecule has 1 aliphatic rings. The van der Waals surface area contributed by atoms with Gasteiger partial charge in [0.15, 0.2) is 0 Å². The molecule has 1 saturated heterocycles. The van der Waals surface area contributed by atoms with Gasteiger partial charge in [-0.2, -0.15) is 4.31 Å². The Hall–Kier alpha value is -3.25. The van der Waals surface area contributed by atoms with Gasteiger partial charge in [-0.05, 0) is 36.4 Å². The molecule has 1 N–H and O–H groups in total. The van der Waals surface area contributed by atoms with E-state index in [1.165, 1.54) is 41.6 Å². The molecule has 2 aromatic rings. The third-order valence-corrected chi connectivity index (χ3v) is 7.23. The minimum atomic E-state index is -3.73. The fourth-order valence-electron chi connectivity index (χ4n) is 3.56. The maximum atomic E-state index is 13.6. The standard InChI is InChI=1S/C22H25F2N3O6S/c1-32-19-5-3-15(23)13-17(19)21(28)25-7-12-34(30,31)27-10-8-26(9-11-27)22(29)18-14-16(24)4-6-20(18)33-2/h3-6,13-14H,7-12H2,1-2H3,(H,25,28). The summed E-state index contributed by atoms with van der Waals surface area (Å²) in [5, 5.41) is 2.46. The molecule has 3 rings (SSSR count). The molecule has 0 radical (unpaired) electrons. The van der Waals surface area contributed by atoms with Crippen LogP contribution in [0.2, 0.25) is 0 Å². The van der Waals surface area contributed by atoms with Crippen LogP contribution in [0.1, 0.15) is 20.7 Å². The molecule has 0 bridgehead atoms. The average Bonchev–Trinajstić information content (AvgIpc) is 2.83. The summed E-state index contributed by atoms with van der Waals surface area (Å²) in [6.07, 6.45) is 0. The minimum Gasteiger partial charge on any atom is -0.496 e. The molecule has 34 heavy (non-hydrogen) atoms. The molecule has 0 atom stereocenters. The maximum absolute atomic E-state index is 13.6. The zero-order valence-corrected chi connectivity index (χ0v) is 19.5. The van der Waals surface area contributed by atoms with Gasteiger partial charge in [-0.25, -0.2) is 17.2 Å². The summed E-state index contributed by atoms with van der Waals surface area (Å²) in [5.41, 5.74) is 0.0223. The van der Waals surface area contributed by atoms with Crippen LogP contribution in [-0.2, 0) is 10.0 Å². The van der Waals surface area contributed by atoms with Crippen LogP contribution in [0.15, 0.2) is 36.4 Å². The number of nitrogens with zero attached hydrogens (tertiary/aromatic N) is 2. The Morgan fingerprint density at radius 2 is 1.44 bits per heavy atom. The summed E-state index contributed by atoms with van der Waals surface area (Å²) >= 11 is 0. The van der Waals surface area contributed by atoms with Crippen molar-refractivity contribution in [2.24, 2.45) is 0 Å². The van der Waals surface area contributed by atoms with Gasteiger partial charge in [0.05, 0.1) is 31.1 Å². The zero-order chi connectivity index (χ0) is 24.9. The van der Waals surface area contributed by atoms with E-state index in [4.69, 9.17) is 9.47 Å². The van der Waals surface area contributed by atoms with Gasteiger partial charge in [-0.3, -0.25) is 9.59 Å². The van der Waals surface area contributed by atoms with Gasteiger partial charge in [-0.15, -0.1) is 0 Å². The van der Waals surface area contributed by atoms with Crippen LogP contribution in [0.4, 0.5) is 8.78 Å². The second kappa shape index (κ2) is 10.8. The molecular weight excluding hydrogens is 472 g/mol. The van der Waals surface area contributed by atoms with Crippen molar-refractivity contribution in [1.29, 1.82) is 0 Å². The molecule has 0 saturated carbocycles. The molecule has 0 spiro atoms. The molecule has 0 unspecified atom stereocenters. The van der Waals surface area contributed by atoms with Crippen LogP contribution in [0.3, 0.4) is 0 Å². The number of carbonyl (C=O) groups is 2. The number of methoxy groups -OCH3 is 2. The van der Waals surface area contributed by atoms with E-state index in [0.717, 1.165) is 18.2 Å². The first-order chi connectivity index (χ1) is 16.2. The first kappa shape index (κ1) is 25.4. The quantitative estimate of drug-likeness (QED) is 0.593. The highest BCUT2D eigenvalue weighted by molar-refractivity contribution is 7.89. The second-order valence-electron chi connectivity index (χ2n) is 7.45. The average molecular weight is 498 g/mol. The van der Waals surface area contributed by atoms with E-state index in [2.05, 4.69) is 5.32 Å². The van der Waals surface area contributed by atoms with E-state index in [9.17, 15) is 26.8 Å². The molecule has 0 aromatic heterocycles. The Bertz CT molecular complexity index is 1170. The monoisotopic (exact) mass is 497 g/mol. The molecule has 12 heteroatoms. The molecular formula is C22H25F2N3O6S. The van der Waals surface area contributed by atoms with Gasteiger partial charge in [0.25, 0.3) is 11.8 Å². The van der Waals surface area contributed by atoms with Crippen molar-refractivity contribution in [1.82, 2.24) is 14.5 Å². The zero-order valence-electron chi connectivity index (χ0n) is 18.7. The number of hydrogen-bond acceptors (Lipinski definition) is 6. The van der Waals surface area contributed by atoms with Gasteiger partial charge in [-0.1, -0.05) is 0 Å². The Balaban J connectivity index is 1.55. The minimum absolute atomic E-state index is 0.0419. The van der Waals surface area contributed by atoms with Crippen molar-refractivity contribution in [3.63, 3.8) is 0 Å². The Labute approximate surface area is 196 Å². The van der Waals surface area contributed by atoms with Crippen LogP contribution in [0, 0.1) is 11.6 Å². The van der Waals surface area contributed by atoms with E-state index in [1.54, 1.807) is 0 Å². The number of carbonyl (C=O) groups excluding carboxylic acids is 2. The normalized spacial score (nSPS) is 14.5. The number of ether oxygens (including phenoxy) is 2. The van der Waals surface area contributed by atoms with Crippen LogP contribution >= 0.6 is 0 Å². The largest absolute Gasteiger partial charge is 0.496 e. The van der Waals surface area contributed by atoms with Crippen molar-refractivity contribution in [3.05, 3.63) is 59.2 Å². The lowest BCUT2D eigenvalue weighted by atomic mass is 10.1. The Kier molecular flexibility index (Phi) is 8.05. The van der Waals surface area contributed by atoms with E-state index in [1.807, 2.05) is 0 Å². The number of piperazine rings is 1. The lowest BCUT2D eigenvalue weighted by Gasteiger charge is -2.34. The molecule has 9 nitrogen and oxygen atoms in total. The summed E-state index contributed by atoms with van der Waals surface area (Å²) in [5.74, 6) is -2.30. The summed E-state index contributed by atoms with van der Waals surface area (Å²) in [4.78, 5) is 26.5. The van der Waals surface area contributed by atoms with E-state index in [0.29, 0.717) is 0 Å². The second-order valence-corrected chi connectivity index (χ2v) is 9.54. The number of hydrogen-bond donors (Lipinski definition) is 1. The van der Waals surface area contributed by atoms with Crippen LogP contribution in [0.25, 0.3) is 0 Å². The molecule has 2 aromatic carbocycles. The third kappa shape index (κ3) is 5.81. The smallest absolute Gasteiger partial charge is 0.257 e. The number of sulfonamides is 1. The lowest BCUT2D eigenvalue weighted by Crippen LogP contribution is -2.51. The summed E-state index contributed by atoms with van der Waals surface area (Å²) in [6, 6.07) is 7.09. The first-order valence-corrected chi connectivity index (χ1v) is 12.0. The number of nitrogens with one attached hydrogen (secondary N) is 1. The topological polar surface area (TPSA) is 105 Å². The fraction of sp³-hybridized carbons (Fsp3) is 0.364. The predicted octanol–water partition coefficient (Wildman–Crippen LogP) is 1.50. The van der Waals surface area contributed by atoms with E-state index >= 15 is 0 Å². The van der Waals surface area contributed by atoms with Crippen LogP contribution < -0.4 is 14.8 Å². The van der Waals surface area contributed by atoms with Gasteiger partial charge >= 0.3 is 0 Å². The highest BCUT2D eigenvalue weighted by Crippen LogP contribution is 2.22. The molecule has 1 fully saturated rings. The number of rotatable bonds is 8. The highest BCUT2D eigenvalue weighted by Gasteiger charge is 2.30. The molecule has 0 aliphatic carbocycles. The van der Waals surface area contributed by atoms with Gasteiger partial charge in [0.1, 0.15) is 23.1 Å². The summed E-state index contributed by atoms with van der Waals surface area (Å²) < 4.78 is 63.8. The Morgan fingerprint density at radius 1 is 0.912 bits per heavy atom. The Morgan fingerprint density at radius 3 is 2.00 bits per heavy atom. The molecule has 1 aliphatic heterocycles. The molecule has 2 amide bonds. The van der Waals surface area contributed by atoms with E-state index < -0.39 is 33.5 Å². The maximum Gasteiger partial charge on any atom is 0.257 e. The number of benzene rings is 2. The fourth-order valence-corrected chi connectivity index (χ4v) is 4.90. The predicted molar refractivity (Wildman–Crippen MR) is 120 cm³/mol. The van der Waals surface area contributed by atoms with Crippen molar-refractivity contribution < 1.29 is 36.3 Å².